The zero-order valence-electron chi connectivity index (χ0n) is 18.4. The lowest BCUT2D eigenvalue weighted by Crippen LogP contribution is -2.50. The normalized spacial score (nSPS) is 20.7. The minimum Gasteiger partial charge on any atom is -0.486 e. The topological polar surface area (TPSA) is 99.0 Å². The van der Waals surface area contributed by atoms with Crippen molar-refractivity contribution in [2.45, 2.75) is 57.7 Å². The van der Waals surface area contributed by atoms with Gasteiger partial charge in [-0.3, -0.25) is 14.2 Å². The van der Waals surface area contributed by atoms with Gasteiger partial charge in [-0.2, -0.15) is 0 Å². The summed E-state index contributed by atoms with van der Waals surface area (Å²) >= 11 is 0. The fraction of sp³-hybridized carbons (Fsp3) is 0.375. The highest BCUT2D eigenvalue weighted by molar-refractivity contribution is 5.98. The molecule has 2 aliphatic heterocycles. The van der Waals surface area contributed by atoms with Crippen molar-refractivity contribution in [2.24, 2.45) is 0 Å². The molecule has 1 unspecified atom stereocenters. The zero-order valence-corrected chi connectivity index (χ0v) is 18.4. The third-order valence-corrected chi connectivity index (χ3v) is 6.13. The second-order valence-corrected chi connectivity index (χ2v) is 9.27. The Kier molecular flexibility index (Phi) is 4.62. The van der Waals surface area contributed by atoms with E-state index < -0.39 is 5.54 Å². The Bertz CT molecular complexity index is 1270. The molecule has 32 heavy (non-hydrogen) atoms. The molecule has 1 amide bonds. The van der Waals surface area contributed by atoms with Crippen LogP contribution < -0.4 is 15.6 Å². The molecule has 0 fully saturated rings. The molecule has 8 nitrogen and oxygen atoms in total. The van der Waals surface area contributed by atoms with Crippen LogP contribution in [0.5, 0.6) is 5.75 Å². The van der Waals surface area contributed by atoms with Gasteiger partial charge < -0.3 is 10.1 Å². The summed E-state index contributed by atoms with van der Waals surface area (Å²) in [5, 5.41) is 3.16. The molecule has 0 saturated carbocycles. The first-order valence-corrected chi connectivity index (χ1v) is 10.8. The average Bonchev–Trinajstić information content (AvgIpc) is 3.08. The molecule has 0 spiro atoms. The number of para-hydroxylation sites is 1. The number of benzene rings is 1. The van der Waals surface area contributed by atoms with Gasteiger partial charge in [-0.1, -0.05) is 12.1 Å². The van der Waals surface area contributed by atoms with Crippen molar-refractivity contribution in [3.05, 3.63) is 70.2 Å². The molecule has 0 aliphatic carbocycles. The molecule has 4 heterocycles. The lowest BCUT2D eigenvalue weighted by atomic mass is 9.90. The second-order valence-electron chi connectivity index (χ2n) is 9.27. The van der Waals surface area contributed by atoms with Gasteiger partial charge in [0.05, 0.1) is 22.5 Å². The van der Waals surface area contributed by atoms with Crippen molar-refractivity contribution in [3.8, 4) is 17.1 Å². The molecule has 1 atom stereocenters. The highest BCUT2D eigenvalue weighted by Crippen LogP contribution is 2.38. The number of fused-ring (bicyclic) bond motifs is 2. The lowest BCUT2D eigenvalue weighted by molar-refractivity contribution is 0.0868. The summed E-state index contributed by atoms with van der Waals surface area (Å²) in [5.74, 6) is 0.929. The van der Waals surface area contributed by atoms with Gasteiger partial charge in [-0.25, -0.2) is 15.0 Å². The molecule has 0 radical (unpaired) electrons. The van der Waals surface area contributed by atoms with Gasteiger partial charge in [0, 0.05) is 25.2 Å². The molecular formula is C24H25N5O3. The molecule has 1 N–H and O–H groups in total. The average molecular weight is 431 g/mol. The van der Waals surface area contributed by atoms with Gasteiger partial charge in [-0.05, 0) is 51.3 Å². The molecular weight excluding hydrogens is 406 g/mol. The summed E-state index contributed by atoms with van der Waals surface area (Å²) in [6.07, 6.45) is 5.21. The van der Waals surface area contributed by atoms with E-state index in [9.17, 15) is 9.59 Å². The fourth-order valence-electron chi connectivity index (χ4n) is 4.65. The minimum atomic E-state index is -0.811. The minimum absolute atomic E-state index is 0.158. The van der Waals surface area contributed by atoms with Gasteiger partial charge in [0.1, 0.15) is 23.5 Å². The zero-order chi connectivity index (χ0) is 22.5. The SMILES string of the molecule is CC1(C)Cc2cccc(C(=O)NC3(C)CCCn4c3nc(-c3ccncn3)cc4=O)c2O1. The van der Waals surface area contributed by atoms with E-state index in [2.05, 4.69) is 15.3 Å². The standard InChI is InChI=1S/C24H25N5O3/c1-23(2)13-15-6-4-7-16(20(15)32-23)21(31)28-24(3)9-5-11-29-19(30)12-18(27-22(24)29)17-8-10-25-14-26-17/h4,6-8,10,12,14H,5,9,11,13H2,1-3H3,(H,28,31). The van der Waals surface area contributed by atoms with Crippen LogP contribution in [0.3, 0.4) is 0 Å². The highest BCUT2D eigenvalue weighted by Gasteiger charge is 2.39. The van der Waals surface area contributed by atoms with Crippen LogP contribution in [0.2, 0.25) is 0 Å². The van der Waals surface area contributed by atoms with E-state index in [1.54, 1.807) is 22.9 Å². The first-order chi connectivity index (χ1) is 15.3. The molecule has 5 rings (SSSR count). The van der Waals surface area contributed by atoms with Crippen molar-refractivity contribution in [2.75, 3.05) is 0 Å². The number of hydrogen-bond acceptors (Lipinski definition) is 6. The Hall–Kier alpha value is -3.55. The predicted octanol–water partition coefficient (Wildman–Crippen LogP) is 2.85. The van der Waals surface area contributed by atoms with E-state index >= 15 is 0 Å². The van der Waals surface area contributed by atoms with E-state index in [-0.39, 0.29) is 17.1 Å². The predicted molar refractivity (Wildman–Crippen MR) is 118 cm³/mol. The maximum Gasteiger partial charge on any atom is 0.255 e. The molecule has 2 aromatic heterocycles. The van der Waals surface area contributed by atoms with E-state index in [0.717, 1.165) is 18.4 Å². The smallest absolute Gasteiger partial charge is 0.255 e. The van der Waals surface area contributed by atoms with Crippen LogP contribution in [-0.2, 0) is 18.5 Å². The number of amides is 1. The first kappa shape index (κ1) is 20.4. The van der Waals surface area contributed by atoms with Crippen LogP contribution in [0.1, 0.15) is 55.4 Å². The van der Waals surface area contributed by atoms with Crippen LogP contribution in [0.15, 0.2) is 47.7 Å². The number of carbonyl (C=O) groups is 1. The molecule has 8 heteroatoms. The van der Waals surface area contributed by atoms with Crippen molar-refractivity contribution in [1.82, 2.24) is 24.8 Å². The first-order valence-electron chi connectivity index (χ1n) is 10.8. The molecule has 2 aliphatic rings. The van der Waals surface area contributed by atoms with E-state index in [1.807, 2.05) is 32.9 Å². The third kappa shape index (κ3) is 3.45. The lowest BCUT2D eigenvalue weighted by Gasteiger charge is -2.36. The van der Waals surface area contributed by atoms with Crippen LogP contribution in [-0.4, -0.2) is 31.0 Å². The molecule has 0 bridgehead atoms. The molecule has 164 valence electrons. The number of aromatic nitrogens is 4. The van der Waals surface area contributed by atoms with Crippen molar-refractivity contribution in [3.63, 3.8) is 0 Å². The van der Waals surface area contributed by atoms with Crippen LogP contribution in [0.25, 0.3) is 11.4 Å². The Morgan fingerprint density at radius 3 is 2.81 bits per heavy atom. The van der Waals surface area contributed by atoms with E-state index in [1.165, 1.54) is 12.4 Å². The summed E-state index contributed by atoms with van der Waals surface area (Å²) in [6, 6.07) is 8.85. The number of hydrogen-bond donors (Lipinski definition) is 1. The fourth-order valence-corrected chi connectivity index (χ4v) is 4.65. The number of nitrogens with one attached hydrogen (secondary N) is 1. The quantitative estimate of drug-likeness (QED) is 0.685. The summed E-state index contributed by atoms with van der Waals surface area (Å²) < 4.78 is 7.73. The van der Waals surface area contributed by atoms with Gasteiger partial charge >= 0.3 is 0 Å². The van der Waals surface area contributed by atoms with Gasteiger partial charge in [0.2, 0.25) is 0 Å². The van der Waals surface area contributed by atoms with Gasteiger partial charge in [0.25, 0.3) is 11.5 Å². The molecule has 3 aromatic rings. The van der Waals surface area contributed by atoms with Crippen molar-refractivity contribution < 1.29 is 9.53 Å². The Morgan fingerprint density at radius 1 is 1.19 bits per heavy atom. The van der Waals surface area contributed by atoms with Crippen LogP contribution >= 0.6 is 0 Å². The number of rotatable bonds is 3. The maximum atomic E-state index is 13.4. The largest absolute Gasteiger partial charge is 0.486 e. The summed E-state index contributed by atoms with van der Waals surface area (Å²) in [5.41, 5.74) is 1.25. The van der Waals surface area contributed by atoms with Crippen LogP contribution in [0, 0.1) is 0 Å². The van der Waals surface area contributed by atoms with Gasteiger partial charge in [-0.15, -0.1) is 0 Å². The summed E-state index contributed by atoms with van der Waals surface area (Å²) in [7, 11) is 0. The van der Waals surface area contributed by atoms with Crippen LogP contribution in [0.4, 0.5) is 0 Å². The monoisotopic (exact) mass is 431 g/mol. The van der Waals surface area contributed by atoms with E-state index in [4.69, 9.17) is 9.72 Å². The van der Waals surface area contributed by atoms with Crippen molar-refractivity contribution in [1.29, 1.82) is 0 Å². The maximum absolute atomic E-state index is 13.4. The second kappa shape index (κ2) is 7.25. The Balaban J connectivity index is 1.53. The van der Waals surface area contributed by atoms with E-state index in [0.29, 0.717) is 41.5 Å². The summed E-state index contributed by atoms with van der Waals surface area (Å²) in [6.45, 7) is 6.51. The molecule has 1 aromatic carbocycles. The highest BCUT2D eigenvalue weighted by atomic mass is 16.5. The van der Waals surface area contributed by atoms with Crippen molar-refractivity contribution >= 4 is 5.91 Å². The third-order valence-electron chi connectivity index (χ3n) is 6.13. The number of ether oxygens (including phenoxy) is 1. The number of nitrogens with zero attached hydrogens (tertiary/aromatic N) is 4. The number of carbonyl (C=O) groups excluding carboxylic acids is 1. The summed E-state index contributed by atoms with van der Waals surface area (Å²) in [4.78, 5) is 39.2. The Labute approximate surface area is 185 Å². The van der Waals surface area contributed by atoms with Gasteiger partial charge in [0.15, 0.2) is 0 Å². The Morgan fingerprint density at radius 2 is 2.03 bits per heavy atom. The molecule has 0 saturated heterocycles.